The first-order chi connectivity index (χ1) is 13.8. The molecule has 1 amide bonds. The van der Waals surface area contributed by atoms with Gasteiger partial charge in [0.2, 0.25) is 0 Å². The number of nitro benzene ring substituents is 1. The Kier molecular flexibility index (Phi) is 6.49. The summed E-state index contributed by atoms with van der Waals surface area (Å²) in [6.07, 6.45) is 1.30. The smallest absolute Gasteiger partial charge is 0.292 e. The van der Waals surface area contributed by atoms with Crippen molar-refractivity contribution >= 4 is 17.3 Å². The van der Waals surface area contributed by atoms with Crippen LogP contribution >= 0.6 is 0 Å². The van der Waals surface area contributed by atoms with Crippen LogP contribution in [0.3, 0.4) is 0 Å². The molecule has 2 aromatic carbocycles. The van der Waals surface area contributed by atoms with Gasteiger partial charge in [0.25, 0.3) is 11.6 Å². The van der Waals surface area contributed by atoms with Gasteiger partial charge in [-0.1, -0.05) is 38.1 Å². The summed E-state index contributed by atoms with van der Waals surface area (Å²) in [6, 6.07) is 12.3. The van der Waals surface area contributed by atoms with Gasteiger partial charge in [0.15, 0.2) is 0 Å². The number of carbonyl (C=O) groups excluding carboxylic acids is 1. The van der Waals surface area contributed by atoms with Crippen molar-refractivity contribution in [2.45, 2.75) is 33.4 Å². The van der Waals surface area contributed by atoms with Crippen LogP contribution in [0, 0.1) is 22.0 Å². The van der Waals surface area contributed by atoms with Gasteiger partial charge in [0.05, 0.1) is 4.92 Å². The monoisotopic (exact) mass is 396 g/mol. The third-order valence-corrected chi connectivity index (χ3v) is 5.32. The number of hydrogen-bond donors (Lipinski definition) is 2. The summed E-state index contributed by atoms with van der Waals surface area (Å²) >= 11 is 0. The van der Waals surface area contributed by atoms with Crippen LogP contribution in [0.1, 0.15) is 41.8 Å². The summed E-state index contributed by atoms with van der Waals surface area (Å²) in [5.41, 5.74) is 7.81. The topological polar surface area (TPSA) is 102 Å². The lowest BCUT2D eigenvalue weighted by Gasteiger charge is -2.35. The standard InChI is InChI=1S/C22H28N4O3/c1-15-9-16(2)13-25(12-15)14-18-5-3-17(4-6-18)11-24-22(27)19-7-8-20(23)21(10-19)26(28)29/h3-8,10,15-16H,9,11-14,23H2,1-2H3,(H,24,27). The molecule has 2 aromatic rings. The fourth-order valence-corrected chi connectivity index (χ4v) is 4.07. The van der Waals surface area contributed by atoms with Crippen molar-refractivity contribution in [2.75, 3.05) is 18.8 Å². The van der Waals surface area contributed by atoms with E-state index in [-0.39, 0.29) is 22.8 Å². The fourth-order valence-electron chi connectivity index (χ4n) is 4.07. The molecule has 0 radical (unpaired) electrons. The van der Waals surface area contributed by atoms with Crippen LogP contribution in [0.5, 0.6) is 0 Å². The maximum absolute atomic E-state index is 12.3. The Morgan fingerprint density at radius 2 is 1.76 bits per heavy atom. The van der Waals surface area contributed by atoms with Gasteiger partial charge in [-0.2, -0.15) is 0 Å². The van der Waals surface area contributed by atoms with Crippen LogP contribution in [-0.2, 0) is 13.1 Å². The highest BCUT2D eigenvalue weighted by molar-refractivity contribution is 5.95. The zero-order valence-corrected chi connectivity index (χ0v) is 16.9. The van der Waals surface area contributed by atoms with Crippen LogP contribution < -0.4 is 11.1 Å². The van der Waals surface area contributed by atoms with Gasteiger partial charge in [-0.05, 0) is 41.5 Å². The van der Waals surface area contributed by atoms with E-state index in [1.807, 2.05) is 12.1 Å². The van der Waals surface area contributed by atoms with E-state index in [1.54, 1.807) is 0 Å². The van der Waals surface area contributed by atoms with E-state index < -0.39 is 4.92 Å². The summed E-state index contributed by atoms with van der Waals surface area (Å²) in [6.45, 7) is 8.19. The molecule has 0 aliphatic carbocycles. The van der Waals surface area contributed by atoms with Crippen LogP contribution in [0.25, 0.3) is 0 Å². The lowest BCUT2D eigenvalue weighted by molar-refractivity contribution is -0.383. The summed E-state index contributed by atoms with van der Waals surface area (Å²) in [5.74, 6) is 1.10. The number of nitrogen functional groups attached to an aromatic ring is 1. The molecule has 154 valence electrons. The van der Waals surface area contributed by atoms with Gasteiger partial charge in [-0.3, -0.25) is 19.8 Å². The average Bonchev–Trinajstić information content (AvgIpc) is 2.66. The Labute approximate surface area is 171 Å². The minimum Gasteiger partial charge on any atom is -0.393 e. The van der Waals surface area contributed by atoms with E-state index in [1.165, 1.54) is 30.2 Å². The quantitative estimate of drug-likeness (QED) is 0.441. The number of nitrogens with two attached hydrogens (primary N) is 1. The third kappa shape index (κ3) is 5.54. The number of anilines is 1. The maximum atomic E-state index is 12.3. The molecular formula is C22H28N4O3. The maximum Gasteiger partial charge on any atom is 0.292 e. The molecule has 0 bridgehead atoms. The first kappa shape index (κ1) is 20.8. The Morgan fingerprint density at radius 3 is 2.38 bits per heavy atom. The zero-order valence-electron chi connectivity index (χ0n) is 16.9. The van der Waals surface area contributed by atoms with E-state index in [0.717, 1.165) is 37.0 Å². The predicted molar refractivity (Wildman–Crippen MR) is 113 cm³/mol. The molecule has 2 unspecified atom stereocenters. The molecule has 0 saturated carbocycles. The zero-order chi connectivity index (χ0) is 21.0. The number of rotatable bonds is 6. The molecule has 0 spiro atoms. The molecule has 1 saturated heterocycles. The lowest BCUT2D eigenvalue weighted by Crippen LogP contribution is -2.38. The number of nitrogens with one attached hydrogen (secondary N) is 1. The van der Waals surface area contributed by atoms with Gasteiger partial charge in [-0.15, -0.1) is 0 Å². The minimum absolute atomic E-state index is 0.0413. The molecule has 1 heterocycles. The highest BCUT2D eigenvalue weighted by atomic mass is 16.6. The van der Waals surface area contributed by atoms with Gasteiger partial charge < -0.3 is 11.1 Å². The Bertz CT molecular complexity index is 872. The molecule has 0 aromatic heterocycles. The normalized spacial score (nSPS) is 19.7. The number of nitrogens with zero attached hydrogens (tertiary/aromatic N) is 2. The molecule has 2 atom stereocenters. The van der Waals surface area contributed by atoms with E-state index >= 15 is 0 Å². The molecule has 7 heteroatoms. The van der Waals surface area contributed by atoms with Gasteiger partial charge >= 0.3 is 0 Å². The summed E-state index contributed by atoms with van der Waals surface area (Å²) in [7, 11) is 0. The molecule has 1 fully saturated rings. The Morgan fingerprint density at radius 1 is 1.14 bits per heavy atom. The minimum atomic E-state index is -0.589. The highest BCUT2D eigenvalue weighted by Crippen LogP contribution is 2.23. The second-order valence-corrected chi connectivity index (χ2v) is 8.17. The summed E-state index contributed by atoms with van der Waals surface area (Å²) in [4.78, 5) is 25.2. The largest absolute Gasteiger partial charge is 0.393 e. The van der Waals surface area contributed by atoms with Crippen LogP contribution in [-0.4, -0.2) is 28.8 Å². The SMILES string of the molecule is CC1CC(C)CN(Cc2ccc(CNC(=O)c3ccc(N)c([N+](=O)[O-])c3)cc2)C1. The number of carbonyl (C=O) groups is 1. The van der Waals surface area contributed by atoms with Gasteiger partial charge in [0.1, 0.15) is 5.69 Å². The Hall–Kier alpha value is -2.93. The molecular weight excluding hydrogens is 368 g/mol. The number of nitro groups is 1. The number of likely N-dealkylation sites (tertiary alicyclic amines) is 1. The van der Waals surface area contributed by atoms with Crippen molar-refractivity contribution in [1.29, 1.82) is 0 Å². The lowest BCUT2D eigenvalue weighted by atomic mass is 9.91. The third-order valence-electron chi connectivity index (χ3n) is 5.32. The molecule has 1 aliphatic rings. The van der Waals surface area contributed by atoms with E-state index in [4.69, 9.17) is 5.73 Å². The van der Waals surface area contributed by atoms with Crippen LogP contribution in [0.4, 0.5) is 11.4 Å². The first-order valence-corrected chi connectivity index (χ1v) is 9.94. The molecule has 29 heavy (non-hydrogen) atoms. The molecule has 7 nitrogen and oxygen atoms in total. The van der Waals surface area contributed by atoms with Crippen LogP contribution in [0.15, 0.2) is 42.5 Å². The van der Waals surface area contributed by atoms with E-state index in [9.17, 15) is 14.9 Å². The second-order valence-electron chi connectivity index (χ2n) is 8.17. The van der Waals surface area contributed by atoms with E-state index in [0.29, 0.717) is 6.54 Å². The van der Waals surface area contributed by atoms with Crippen molar-refractivity contribution in [1.82, 2.24) is 10.2 Å². The second kappa shape index (κ2) is 9.05. The Balaban J connectivity index is 1.55. The predicted octanol–water partition coefficient (Wildman–Crippen LogP) is 3.58. The van der Waals surface area contributed by atoms with Crippen molar-refractivity contribution in [3.8, 4) is 0 Å². The molecule has 3 rings (SSSR count). The van der Waals surface area contributed by atoms with Gasteiger partial charge in [0, 0.05) is 37.8 Å². The molecule has 1 aliphatic heterocycles. The van der Waals surface area contributed by atoms with Crippen molar-refractivity contribution in [3.05, 3.63) is 69.3 Å². The van der Waals surface area contributed by atoms with Crippen molar-refractivity contribution < 1.29 is 9.72 Å². The number of amides is 1. The van der Waals surface area contributed by atoms with Crippen LogP contribution in [0.2, 0.25) is 0 Å². The summed E-state index contributed by atoms with van der Waals surface area (Å²) < 4.78 is 0. The highest BCUT2D eigenvalue weighted by Gasteiger charge is 2.21. The first-order valence-electron chi connectivity index (χ1n) is 9.94. The van der Waals surface area contributed by atoms with Crippen molar-refractivity contribution in [3.63, 3.8) is 0 Å². The van der Waals surface area contributed by atoms with E-state index in [2.05, 4.69) is 36.2 Å². The average molecular weight is 396 g/mol. The fraction of sp³-hybridized carbons (Fsp3) is 0.409. The molecule has 3 N–H and O–H groups in total. The van der Waals surface area contributed by atoms with Crippen molar-refractivity contribution in [2.24, 2.45) is 11.8 Å². The number of hydrogen-bond acceptors (Lipinski definition) is 5. The van der Waals surface area contributed by atoms with Gasteiger partial charge in [-0.25, -0.2) is 0 Å². The number of piperidine rings is 1. The summed E-state index contributed by atoms with van der Waals surface area (Å²) in [5, 5.41) is 13.8. The number of benzene rings is 2.